The molecule has 0 spiro atoms. The van der Waals surface area contributed by atoms with E-state index in [-0.39, 0.29) is 11.3 Å². The largest absolute Gasteiger partial charge is 0.454 e. The van der Waals surface area contributed by atoms with Crippen molar-refractivity contribution in [1.29, 1.82) is 0 Å². The van der Waals surface area contributed by atoms with E-state index < -0.39 is 59.1 Å². The Bertz CT molecular complexity index is 1370. The number of Topliss-reactive ketones (excluding diaryl/α,β-unsaturated/α-hetero) is 1. The summed E-state index contributed by atoms with van der Waals surface area (Å²) in [4.78, 5) is 44.2. The molecule has 168 valence electrons. The fraction of sp³-hybridized carbons (Fsp3) is 0.0476. The van der Waals surface area contributed by atoms with E-state index in [1.54, 1.807) is 0 Å². The third kappa shape index (κ3) is 4.91. The lowest BCUT2D eigenvalue weighted by Gasteiger charge is -2.10. The average molecular weight is 470 g/mol. The summed E-state index contributed by atoms with van der Waals surface area (Å²) >= 11 is 0. The fourth-order valence-corrected chi connectivity index (χ4v) is 4.50. The number of hydrogen-bond donors (Lipinski definition) is 0. The van der Waals surface area contributed by atoms with E-state index in [1.165, 1.54) is 36.4 Å². The number of carbonyl (C=O) groups is 2. The zero-order chi connectivity index (χ0) is 24.2. The fourth-order valence-electron chi connectivity index (χ4n) is 2.88. The topological polar surface area (TPSA) is 164 Å². The molecule has 0 aliphatic rings. The average Bonchev–Trinajstić information content (AvgIpc) is 2.82. The number of ether oxygens (including phenoxy) is 1. The minimum atomic E-state index is -4.49. The van der Waals surface area contributed by atoms with Crippen molar-refractivity contribution in [3.05, 3.63) is 104 Å². The van der Waals surface area contributed by atoms with Gasteiger partial charge in [-0.25, -0.2) is 13.2 Å². The summed E-state index contributed by atoms with van der Waals surface area (Å²) in [5.41, 5.74) is -1.24. The lowest BCUT2D eigenvalue weighted by molar-refractivity contribution is -0.387. The van der Waals surface area contributed by atoms with E-state index in [2.05, 4.69) is 0 Å². The Morgan fingerprint density at radius 1 is 0.788 bits per heavy atom. The van der Waals surface area contributed by atoms with Gasteiger partial charge in [0.25, 0.3) is 11.4 Å². The molecule has 3 aromatic rings. The maximum absolute atomic E-state index is 13.1. The van der Waals surface area contributed by atoms with Crippen LogP contribution in [-0.2, 0) is 14.6 Å². The number of rotatable bonds is 8. The van der Waals surface area contributed by atoms with Crippen LogP contribution >= 0.6 is 0 Å². The Hall–Kier alpha value is -4.45. The second kappa shape index (κ2) is 9.36. The summed E-state index contributed by atoms with van der Waals surface area (Å²) in [7, 11) is -4.49. The Balaban J connectivity index is 1.86. The number of ketones is 1. The maximum Gasteiger partial charge on any atom is 0.339 e. The Kier molecular flexibility index (Phi) is 6.59. The summed E-state index contributed by atoms with van der Waals surface area (Å²) in [5, 5.41) is 22.0. The van der Waals surface area contributed by atoms with Crippen LogP contribution in [-0.4, -0.2) is 36.6 Å². The van der Waals surface area contributed by atoms with Gasteiger partial charge in [0.1, 0.15) is 4.90 Å². The molecule has 12 heteroatoms. The SMILES string of the molecule is O=C(COC(=O)c1ccccc1S(=O)(=O)c1ccccc1[N+](=O)[O-])c1ccc([N+](=O)[O-])cc1. The van der Waals surface area contributed by atoms with Crippen LogP contribution in [0.5, 0.6) is 0 Å². The van der Waals surface area contributed by atoms with Crippen LogP contribution in [0.25, 0.3) is 0 Å². The maximum atomic E-state index is 13.1. The number of non-ortho nitro benzene ring substituents is 1. The standard InChI is InChI=1S/C21H14N2O9S/c24-18(14-9-11-15(12-10-14)22(26)27)13-32-21(25)16-5-1-3-7-19(16)33(30,31)20-8-4-2-6-17(20)23(28)29/h1-12H,13H2. The molecule has 0 aliphatic heterocycles. The van der Waals surface area contributed by atoms with Crippen LogP contribution in [0.1, 0.15) is 20.7 Å². The van der Waals surface area contributed by atoms with E-state index in [0.29, 0.717) is 0 Å². The molecular weight excluding hydrogens is 456 g/mol. The number of esters is 1. The molecule has 0 amide bonds. The summed E-state index contributed by atoms with van der Waals surface area (Å²) in [5.74, 6) is -1.81. The van der Waals surface area contributed by atoms with Crippen molar-refractivity contribution in [3.63, 3.8) is 0 Å². The first-order chi connectivity index (χ1) is 15.6. The second-order valence-electron chi connectivity index (χ2n) is 6.53. The number of benzene rings is 3. The molecule has 0 aliphatic carbocycles. The molecule has 0 fully saturated rings. The number of nitro groups is 2. The van der Waals surface area contributed by atoms with Gasteiger partial charge in [0.2, 0.25) is 9.84 Å². The van der Waals surface area contributed by atoms with Crippen molar-refractivity contribution in [1.82, 2.24) is 0 Å². The third-order valence-corrected chi connectivity index (χ3v) is 6.34. The van der Waals surface area contributed by atoms with E-state index in [9.17, 15) is 38.2 Å². The van der Waals surface area contributed by atoms with Crippen molar-refractivity contribution in [2.75, 3.05) is 6.61 Å². The van der Waals surface area contributed by atoms with Gasteiger partial charge in [0.05, 0.1) is 20.3 Å². The van der Waals surface area contributed by atoms with Crippen LogP contribution in [0.4, 0.5) is 11.4 Å². The number of nitrogens with zero attached hydrogens (tertiary/aromatic N) is 2. The van der Waals surface area contributed by atoms with Gasteiger partial charge in [0, 0.05) is 23.8 Å². The van der Waals surface area contributed by atoms with Crippen molar-refractivity contribution in [2.45, 2.75) is 9.79 Å². The summed E-state index contributed by atoms with van der Waals surface area (Å²) < 4.78 is 31.1. The lowest BCUT2D eigenvalue weighted by atomic mass is 10.1. The van der Waals surface area contributed by atoms with Crippen LogP contribution in [0.2, 0.25) is 0 Å². The molecule has 0 bridgehead atoms. The van der Waals surface area contributed by atoms with Gasteiger partial charge >= 0.3 is 5.97 Å². The number of sulfone groups is 1. The smallest absolute Gasteiger partial charge is 0.339 e. The Labute approximate surface area is 186 Å². The zero-order valence-electron chi connectivity index (χ0n) is 16.6. The van der Waals surface area contributed by atoms with Crippen LogP contribution in [0, 0.1) is 20.2 Å². The molecule has 33 heavy (non-hydrogen) atoms. The molecule has 3 aromatic carbocycles. The molecule has 0 unspecified atom stereocenters. The first-order valence-corrected chi connectivity index (χ1v) is 10.6. The molecule has 0 aromatic heterocycles. The van der Waals surface area contributed by atoms with E-state index in [1.807, 2.05) is 0 Å². The minimum absolute atomic E-state index is 0.0502. The van der Waals surface area contributed by atoms with Gasteiger partial charge in [0.15, 0.2) is 12.4 Å². The number of carbonyl (C=O) groups excluding carboxylic acids is 2. The van der Waals surface area contributed by atoms with Crippen molar-refractivity contribution >= 4 is 33.0 Å². The van der Waals surface area contributed by atoms with Crippen molar-refractivity contribution in [2.24, 2.45) is 0 Å². The lowest BCUT2D eigenvalue weighted by Crippen LogP contribution is -2.17. The zero-order valence-corrected chi connectivity index (χ0v) is 17.4. The van der Waals surface area contributed by atoms with Gasteiger partial charge in [-0.3, -0.25) is 25.0 Å². The second-order valence-corrected chi connectivity index (χ2v) is 8.41. The van der Waals surface area contributed by atoms with Crippen LogP contribution in [0.3, 0.4) is 0 Å². The van der Waals surface area contributed by atoms with E-state index in [0.717, 1.165) is 36.4 Å². The normalized spacial score (nSPS) is 10.9. The van der Waals surface area contributed by atoms with Gasteiger partial charge in [-0.05, 0) is 30.3 Å². The third-order valence-electron chi connectivity index (χ3n) is 4.48. The van der Waals surface area contributed by atoms with Gasteiger partial charge in [-0.15, -0.1) is 0 Å². The molecule has 0 atom stereocenters. The molecule has 0 saturated heterocycles. The highest BCUT2D eigenvalue weighted by molar-refractivity contribution is 7.91. The van der Waals surface area contributed by atoms with Gasteiger partial charge in [-0.1, -0.05) is 24.3 Å². The molecule has 0 saturated carbocycles. The van der Waals surface area contributed by atoms with E-state index in [4.69, 9.17) is 4.74 Å². The summed E-state index contributed by atoms with van der Waals surface area (Å²) in [6.07, 6.45) is 0. The van der Waals surface area contributed by atoms with Gasteiger partial charge in [-0.2, -0.15) is 0 Å². The van der Waals surface area contributed by atoms with Crippen molar-refractivity contribution < 1.29 is 32.6 Å². The van der Waals surface area contributed by atoms with Crippen LogP contribution in [0.15, 0.2) is 82.6 Å². The summed E-state index contributed by atoms with van der Waals surface area (Å²) in [6.45, 7) is -0.753. The molecule has 0 radical (unpaired) electrons. The first-order valence-electron chi connectivity index (χ1n) is 9.15. The Morgan fingerprint density at radius 3 is 1.97 bits per heavy atom. The molecular formula is C21H14N2O9S. The highest BCUT2D eigenvalue weighted by Gasteiger charge is 2.31. The molecule has 0 heterocycles. The van der Waals surface area contributed by atoms with E-state index >= 15 is 0 Å². The van der Waals surface area contributed by atoms with Gasteiger partial charge < -0.3 is 4.74 Å². The number of hydrogen-bond acceptors (Lipinski definition) is 9. The van der Waals surface area contributed by atoms with Crippen molar-refractivity contribution in [3.8, 4) is 0 Å². The monoisotopic (exact) mass is 470 g/mol. The van der Waals surface area contributed by atoms with Crippen LogP contribution < -0.4 is 0 Å². The highest BCUT2D eigenvalue weighted by atomic mass is 32.2. The molecule has 3 rings (SSSR count). The predicted octanol–water partition coefficient (Wildman–Crippen LogP) is 3.38. The number of para-hydroxylation sites is 1. The molecule has 0 N–H and O–H groups in total. The first kappa shape index (κ1) is 23.2. The quantitative estimate of drug-likeness (QED) is 0.208. The molecule has 11 nitrogen and oxygen atoms in total. The summed E-state index contributed by atoms with van der Waals surface area (Å²) in [6, 6.07) is 14.3. The number of nitro benzene ring substituents is 2. The minimum Gasteiger partial charge on any atom is -0.454 e. The highest BCUT2D eigenvalue weighted by Crippen LogP contribution is 2.31. The Morgan fingerprint density at radius 2 is 1.36 bits per heavy atom. The predicted molar refractivity (Wildman–Crippen MR) is 113 cm³/mol.